The van der Waals surface area contributed by atoms with Crippen molar-refractivity contribution in [2.45, 2.75) is 37.3 Å². The minimum atomic E-state index is -3.69. The van der Waals surface area contributed by atoms with E-state index in [4.69, 9.17) is 10.9 Å². The highest BCUT2D eigenvalue weighted by molar-refractivity contribution is 7.89. The first-order valence-electron chi connectivity index (χ1n) is 6.35. The fraction of sp³-hybridized carbons (Fsp3) is 0.636. The van der Waals surface area contributed by atoms with Crippen LogP contribution in [0, 0.1) is 12.8 Å². The Hall–Kier alpha value is -1.61. The Morgan fingerprint density at radius 3 is 2.85 bits per heavy atom. The van der Waals surface area contributed by atoms with Gasteiger partial charge in [0.1, 0.15) is 11.7 Å². The van der Waals surface area contributed by atoms with Gasteiger partial charge in [-0.05, 0) is 19.8 Å². The number of hydrogen-bond acceptors (Lipinski definition) is 5. The number of hydrogen-bond donors (Lipinski definition) is 3. The fourth-order valence-electron chi connectivity index (χ4n) is 2.44. The van der Waals surface area contributed by atoms with Crippen LogP contribution < -0.4 is 10.5 Å². The van der Waals surface area contributed by atoms with E-state index in [2.05, 4.69) is 14.9 Å². The Bertz CT molecular complexity index is 603. The molecule has 0 radical (unpaired) electrons. The summed E-state index contributed by atoms with van der Waals surface area (Å²) >= 11 is 0. The fourth-order valence-corrected chi connectivity index (χ4v) is 3.80. The van der Waals surface area contributed by atoms with Crippen LogP contribution in [0.2, 0.25) is 0 Å². The Morgan fingerprint density at radius 2 is 2.30 bits per heavy atom. The second kappa shape index (κ2) is 5.41. The van der Waals surface area contributed by atoms with Crippen LogP contribution in [0.1, 0.15) is 25.1 Å². The summed E-state index contributed by atoms with van der Waals surface area (Å²) in [6.07, 6.45) is 3.65. The lowest BCUT2D eigenvalue weighted by atomic mass is 10.0. The molecule has 8 nitrogen and oxygen atoms in total. The Balaban J connectivity index is 2.20. The van der Waals surface area contributed by atoms with Gasteiger partial charge in [-0.3, -0.25) is 0 Å². The molecule has 0 bridgehead atoms. The Kier molecular flexibility index (Phi) is 4.00. The van der Waals surface area contributed by atoms with Crippen LogP contribution >= 0.6 is 0 Å². The van der Waals surface area contributed by atoms with E-state index in [1.54, 1.807) is 18.5 Å². The summed E-state index contributed by atoms with van der Waals surface area (Å²) in [6.45, 7) is 1.73. The maximum atomic E-state index is 12.3. The number of amidine groups is 1. The highest BCUT2D eigenvalue weighted by atomic mass is 32.2. The number of nitrogens with zero attached hydrogens (tertiary/aromatic N) is 3. The first-order chi connectivity index (χ1) is 9.35. The standard InChI is InChI=1S/C11H19N5O3S/c1-7-13-10(6-16(7)2)20(18,19)15-9-5-3-4-8(9)11(12)14-17/h6,8-9,15,17H,3-5H2,1-2H3,(H2,12,14). The molecule has 0 aromatic carbocycles. The number of imidazole rings is 1. The minimum Gasteiger partial charge on any atom is -0.409 e. The second-order valence-electron chi connectivity index (χ2n) is 5.03. The van der Waals surface area contributed by atoms with Gasteiger partial charge in [0.2, 0.25) is 0 Å². The van der Waals surface area contributed by atoms with E-state index in [0.717, 1.165) is 6.42 Å². The number of aromatic nitrogens is 2. The van der Waals surface area contributed by atoms with E-state index in [-0.39, 0.29) is 22.8 Å². The average Bonchev–Trinajstić information content (AvgIpc) is 2.96. The summed E-state index contributed by atoms with van der Waals surface area (Å²) in [6, 6.07) is -0.363. The lowest BCUT2D eigenvalue weighted by molar-refractivity contribution is 0.312. The van der Waals surface area contributed by atoms with Gasteiger partial charge in [-0.1, -0.05) is 11.6 Å². The van der Waals surface area contributed by atoms with Gasteiger partial charge >= 0.3 is 0 Å². The number of rotatable bonds is 4. The summed E-state index contributed by atoms with van der Waals surface area (Å²) in [5, 5.41) is 11.7. The molecule has 0 spiro atoms. The van der Waals surface area contributed by atoms with Crippen molar-refractivity contribution < 1.29 is 13.6 Å². The maximum absolute atomic E-state index is 12.3. The Morgan fingerprint density at radius 1 is 1.60 bits per heavy atom. The number of aryl methyl sites for hydroxylation is 2. The van der Waals surface area contributed by atoms with Crippen molar-refractivity contribution in [3.05, 3.63) is 12.0 Å². The van der Waals surface area contributed by atoms with Crippen molar-refractivity contribution in [2.75, 3.05) is 0 Å². The van der Waals surface area contributed by atoms with Crippen molar-refractivity contribution in [1.29, 1.82) is 0 Å². The zero-order valence-electron chi connectivity index (χ0n) is 11.4. The summed E-state index contributed by atoms with van der Waals surface area (Å²) in [4.78, 5) is 4.02. The lowest BCUT2D eigenvalue weighted by Crippen LogP contribution is -2.42. The smallest absolute Gasteiger partial charge is 0.259 e. The first-order valence-corrected chi connectivity index (χ1v) is 7.83. The molecule has 112 valence electrons. The van der Waals surface area contributed by atoms with Crippen LogP contribution in [0.5, 0.6) is 0 Å². The Labute approximate surface area is 117 Å². The largest absolute Gasteiger partial charge is 0.409 e. The summed E-state index contributed by atoms with van der Waals surface area (Å²) < 4.78 is 28.8. The van der Waals surface area contributed by atoms with Gasteiger partial charge in [0, 0.05) is 25.2 Å². The molecule has 1 aliphatic carbocycles. The van der Waals surface area contributed by atoms with Crippen LogP contribution in [0.4, 0.5) is 0 Å². The molecule has 0 saturated heterocycles. The normalized spacial score (nSPS) is 24.2. The highest BCUT2D eigenvalue weighted by Gasteiger charge is 2.34. The highest BCUT2D eigenvalue weighted by Crippen LogP contribution is 2.27. The van der Waals surface area contributed by atoms with Gasteiger partial charge in [-0.2, -0.15) is 0 Å². The van der Waals surface area contributed by atoms with E-state index in [1.165, 1.54) is 6.20 Å². The number of sulfonamides is 1. The van der Waals surface area contributed by atoms with Gasteiger partial charge in [-0.25, -0.2) is 18.1 Å². The molecule has 9 heteroatoms. The SMILES string of the molecule is Cc1nc(S(=O)(=O)NC2CCCC2C(N)=NO)cn1C. The molecule has 20 heavy (non-hydrogen) atoms. The quantitative estimate of drug-likeness (QED) is 0.311. The molecule has 0 aliphatic heterocycles. The zero-order valence-corrected chi connectivity index (χ0v) is 12.3. The van der Waals surface area contributed by atoms with Crippen LogP contribution in [0.15, 0.2) is 16.4 Å². The molecule has 2 unspecified atom stereocenters. The zero-order chi connectivity index (χ0) is 14.9. The van der Waals surface area contributed by atoms with Gasteiger partial charge in [0.25, 0.3) is 10.0 Å². The molecule has 1 aromatic rings. The van der Waals surface area contributed by atoms with E-state index in [0.29, 0.717) is 18.7 Å². The molecule has 2 rings (SSSR count). The topological polar surface area (TPSA) is 123 Å². The van der Waals surface area contributed by atoms with E-state index >= 15 is 0 Å². The molecule has 1 fully saturated rings. The average molecular weight is 301 g/mol. The molecule has 0 amide bonds. The molecule has 2 atom stereocenters. The van der Waals surface area contributed by atoms with E-state index in [9.17, 15) is 8.42 Å². The molecule has 1 heterocycles. The van der Waals surface area contributed by atoms with Gasteiger partial charge in [0.05, 0.1) is 0 Å². The predicted octanol–water partition coefficient (Wildman–Crippen LogP) is -0.0781. The summed E-state index contributed by atoms with van der Waals surface area (Å²) in [5.41, 5.74) is 5.60. The van der Waals surface area contributed by atoms with Crippen molar-refractivity contribution in [3.8, 4) is 0 Å². The minimum absolute atomic E-state index is 0.0114. The van der Waals surface area contributed by atoms with Gasteiger partial charge < -0.3 is 15.5 Å². The summed E-state index contributed by atoms with van der Waals surface area (Å²) in [5.74, 6) is 0.400. The van der Waals surface area contributed by atoms with Crippen LogP contribution in [-0.4, -0.2) is 35.1 Å². The number of nitrogens with two attached hydrogens (primary N) is 1. The molecule has 4 N–H and O–H groups in total. The molecule has 1 saturated carbocycles. The first kappa shape index (κ1) is 14.8. The molecule has 1 aromatic heterocycles. The van der Waals surface area contributed by atoms with E-state index < -0.39 is 10.0 Å². The van der Waals surface area contributed by atoms with Gasteiger partial charge in [0.15, 0.2) is 5.03 Å². The molecular formula is C11H19N5O3S. The second-order valence-corrected chi connectivity index (χ2v) is 6.69. The molecule has 1 aliphatic rings. The van der Waals surface area contributed by atoms with Crippen molar-refractivity contribution in [3.63, 3.8) is 0 Å². The van der Waals surface area contributed by atoms with Gasteiger partial charge in [-0.15, -0.1) is 0 Å². The predicted molar refractivity (Wildman–Crippen MR) is 72.8 cm³/mol. The number of oxime groups is 1. The molecular weight excluding hydrogens is 282 g/mol. The monoisotopic (exact) mass is 301 g/mol. The lowest BCUT2D eigenvalue weighted by Gasteiger charge is -2.18. The van der Waals surface area contributed by atoms with E-state index in [1.807, 2.05) is 0 Å². The third-order valence-electron chi connectivity index (χ3n) is 3.68. The van der Waals surface area contributed by atoms with Crippen molar-refractivity contribution in [2.24, 2.45) is 23.9 Å². The van der Waals surface area contributed by atoms with Crippen molar-refractivity contribution in [1.82, 2.24) is 14.3 Å². The summed E-state index contributed by atoms with van der Waals surface area (Å²) in [7, 11) is -1.96. The third kappa shape index (κ3) is 2.78. The maximum Gasteiger partial charge on any atom is 0.259 e. The van der Waals surface area contributed by atoms with Crippen molar-refractivity contribution >= 4 is 15.9 Å². The third-order valence-corrected chi connectivity index (χ3v) is 5.04. The van der Waals surface area contributed by atoms with Crippen LogP contribution in [0.25, 0.3) is 0 Å². The number of nitrogens with one attached hydrogen (secondary N) is 1. The van der Waals surface area contributed by atoms with Crippen LogP contribution in [-0.2, 0) is 17.1 Å². The van der Waals surface area contributed by atoms with Crippen LogP contribution in [0.3, 0.4) is 0 Å².